The molecular formula is C16H12BrCl2F3N2O. The molecule has 2 rings (SSSR count). The third-order valence-corrected chi connectivity index (χ3v) is 4.48. The van der Waals surface area contributed by atoms with E-state index < -0.39 is 11.7 Å². The second-order valence-electron chi connectivity index (χ2n) is 5.11. The first-order chi connectivity index (χ1) is 11.6. The summed E-state index contributed by atoms with van der Waals surface area (Å²) in [5.74, 6) is -0.0300. The highest BCUT2D eigenvalue weighted by Crippen LogP contribution is 2.38. The molecule has 0 bridgehead atoms. The van der Waals surface area contributed by atoms with Crippen LogP contribution in [-0.2, 0) is 19.1 Å². The predicted octanol–water partition coefficient (Wildman–Crippen LogP) is 7.33. The zero-order valence-corrected chi connectivity index (χ0v) is 15.9. The van der Waals surface area contributed by atoms with Crippen LogP contribution in [0.4, 0.5) is 18.9 Å². The summed E-state index contributed by atoms with van der Waals surface area (Å²) < 4.78 is 39.0. The molecule has 0 radical (unpaired) electrons. The van der Waals surface area contributed by atoms with Crippen molar-refractivity contribution in [3.05, 3.63) is 55.5 Å². The number of hydrogen-bond donors (Lipinski definition) is 1. The lowest BCUT2D eigenvalue weighted by molar-refractivity contribution is -0.137. The van der Waals surface area contributed by atoms with Crippen LogP contribution in [0.3, 0.4) is 0 Å². The van der Waals surface area contributed by atoms with Crippen molar-refractivity contribution in [2.75, 3.05) is 0 Å². The molecule has 0 fully saturated rings. The number of rotatable bonds is 4. The SMILES string of the molecule is CCc1cc(C(F)(F)F)cc(Cl)c1N=NCc1cc(Cl)cc(Br)c1O. The molecule has 0 aliphatic rings. The van der Waals surface area contributed by atoms with Crippen molar-refractivity contribution in [3.63, 3.8) is 0 Å². The van der Waals surface area contributed by atoms with Gasteiger partial charge in [0.2, 0.25) is 0 Å². The molecule has 0 unspecified atom stereocenters. The van der Waals surface area contributed by atoms with E-state index in [0.29, 0.717) is 27.0 Å². The molecule has 0 saturated heterocycles. The van der Waals surface area contributed by atoms with Crippen molar-refractivity contribution in [1.82, 2.24) is 0 Å². The standard InChI is InChI=1S/C16H12BrCl2F3N2O/c1-2-8-3-10(16(20,21)22)5-13(19)14(8)24-23-7-9-4-11(18)6-12(17)15(9)25/h3-6,25H,2,7H2,1H3. The summed E-state index contributed by atoms with van der Waals surface area (Å²) >= 11 is 15.0. The monoisotopic (exact) mass is 454 g/mol. The number of azo groups is 1. The fourth-order valence-electron chi connectivity index (χ4n) is 2.12. The molecule has 0 aromatic heterocycles. The Balaban J connectivity index is 2.33. The van der Waals surface area contributed by atoms with E-state index in [0.717, 1.165) is 12.1 Å². The minimum atomic E-state index is -4.48. The highest BCUT2D eigenvalue weighted by Gasteiger charge is 2.32. The van der Waals surface area contributed by atoms with Gasteiger partial charge in [0.15, 0.2) is 0 Å². The summed E-state index contributed by atoms with van der Waals surface area (Å²) in [5.41, 5.74) is 0.103. The molecule has 134 valence electrons. The number of phenolic OH excluding ortho intramolecular Hbond substituents is 1. The molecule has 25 heavy (non-hydrogen) atoms. The van der Waals surface area contributed by atoms with Crippen LogP contribution in [0.1, 0.15) is 23.6 Å². The van der Waals surface area contributed by atoms with Crippen molar-refractivity contribution in [2.24, 2.45) is 10.2 Å². The van der Waals surface area contributed by atoms with E-state index in [9.17, 15) is 18.3 Å². The first kappa shape index (κ1) is 20.0. The Morgan fingerprint density at radius 2 is 1.80 bits per heavy atom. The van der Waals surface area contributed by atoms with Crippen molar-refractivity contribution in [2.45, 2.75) is 26.1 Å². The van der Waals surface area contributed by atoms with Gasteiger partial charge in [-0.1, -0.05) is 30.1 Å². The van der Waals surface area contributed by atoms with E-state index in [-0.39, 0.29) is 23.0 Å². The third kappa shape index (κ3) is 4.86. The molecule has 1 N–H and O–H groups in total. The Labute approximate surface area is 160 Å². The maximum Gasteiger partial charge on any atom is 0.416 e. The first-order valence-electron chi connectivity index (χ1n) is 7.07. The third-order valence-electron chi connectivity index (χ3n) is 3.37. The summed E-state index contributed by atoms with van der Waals surface area (Å²) in [4.78, 5) is 0. The number of alkyl halides is 3. The average Bonchev–Trinajstić information content (AvgIpc) is 2.51. The van der Waals surface area contributed by atoms with E-state index >= 15 is 0 Å². The lowest BCUT2D eigenvalue weighted by atomic mass is 10.1. The average molecular weight is 456 g/mol. The Morgan fingerprint density at radius 3 is 2.40 bits per heavy atom. The van der Waals surface area contributed by atoms with Gasteiger partial charge in [0.05, 0.1) is 21.6 Å². The maximum absolute atomic E-state index is 12.9. The second-order valence-corrected chi connectivity index (χ2v) is 6.81. The van der Waals surface area contributed by atoms with Crippen molar-refractivity contribution < 1.29 is 18.3 Å². The molecule has 2 aromatic rings. The zero-order chi connectivity index (χ0) is 18.8. The van der Waals surface area contributed by atoms with Crippen LogP contribution in [0, 0.1) is 0 Å². The Bertz CT molecular complexity index is 826. The van der Waals surface area contributed by atoms with E-state index in [1.165, 1.54) is 12.1 Å². The van der Waals surface area contributed by atoms with E-state index in [2.05, 4.69) is 26.2 Å². The fourth-order valence-corrected chi connectivity index (χ4v) is 3.27. The topological polar surface area (TPSA) is 45.0 Å². The van der Waals surface area contributed by atoms with Crippen LogP contribution in [0.25, 0.3) is 0 Å². The maximum atomic E-state index is 12.9. The number of aromatic hydroxyl groups is 1. The van der Waals surface area contributed by atoms with Crippen LogP contribution in [0.15, 0.2) is 39.0 Å². The number of phenols is 1. The molecule has 0 saturated carbocycles. The van der Waals surface area contributed by atoms with Crippen molar-refractivity contribution in [1.29, 1.82) is 0 Å². The summed E-state index contributed by atoms with van der Waals surface area (Å²) in [6.45, 7) is 1.69. The highest BCUT2D eigenvalue weighted by atomic mass is 79.9. The Kier molecular flexibility index (Phi) is 6.35. The van der Waals surface area contributed by atoms with Gasteiger partial charge in [-0.2, -0.15) is 23.4 Å². The van der Waals surface area contributed by atoms with E-state index in [1.54, 1.807) is 6.92 Å². The normalized spacial score (nSPS) is 12.1. The van der Waals surface area contributed by atoms with Gasteiger partial charge in [0.25, 0.3) is 0 Å². The minimum Gasteiger partial charge on any atom is -0.506 e. The van der Waals surface area contributed by atoms with Crippen molar-refractivity contribution >= 4 is 44.8 Å². The van der Waals surface area contributed by atoms with Gasteiger partial charge in [-0.3, -0.25) is 0 Å². The molecule has 9 heteroatoms. The molecule has 3 nitrogen and oxygen atoms in total. The Hall–Kier alpha value is -1.31. The van der Waals surface area contributed by atoms with Crippen LogP contribution >= 0.6 is 39.1 Å². The molecule has 2 aromatic carbocycles. The lowest BCUT2D eigenvalue weighted by Crippen LogP contribution is -2.05. The molecule has 0 heterocycles. The summed E-state index contributed by atoms with van der Waals surface area (Å²) in [6, 6.07) is 4.88. The van der Waals surface area contributed by atoms with Gasteiger partial charge < -0.3 is 5.11 Å². The molecule has 0 amide bonds. The number of halogens is 6. The highest BCUT2D eigenvalue weighted by molar-refractivity contribution is 9.10. The van der Waals surface area contributed by atoms with Gasteiger partial charge in [0, 0.05) is 10.6 Å². The Morgan fingerprint density at radius 1 is 1.12 bits per heavy atom. The molecule has 0 spiro atoms. The fraction of sp³-hybridized carbons (Fsp3) is 0.250. The van der Waals surface area contributed by atoms with Crippen molar-refractivity contribution in [3.8, 4) is 5.75 Å². The van der Waals surface area contributed by atoms with Gasteiger partial charge in [0.1, 0.15) is 11.4 Å². The van der Waals surface area contributed by atoms with Gasteiger partial charge in [-0.25, -0.2) is 0 Å². The number of hydrogen-bond acceptors (Lipinski definition) is 3. The second kappa shape index (κ2) is 7.93. The van der Waals surface area contributed by atoms with Gasteiger partial charge in [-0.05, 0) is 52.2 Å². The van der Waals surface area contributed by atoms with E-state index in [4.69, 9.17) is 23.2 Å². The van der Waals surface area contributed by atoms with Crippen LogP contribution in [0.5, 0.6) is 5.75 Å². The minimum absolute atomic E-state index is 0.00843. The molecule has 0 aliphatic carbocycles. The van der Waals surface area contributed by atoms with Gasteiger partial charge in [-0.15, -0.1) is 0 Å². The lowest BCUT2D eigenvalue weighted by Gasteiger charge is -2.11. The first-order valence-corrected chi connectivity index (χ1v) is 8.62. The van der Waals surface area contributed by atoms with Crippen LogP contribution in [0.2, 0.25) is 10.0 Å². The summed E-state index contributed by atoms with van der Waals surface area (Å²) in [7, 11) is 0. The molecule has 0 aliphatic heterocycles. The predicted molar refractivity (Wildman–Crippen MR) is 94.9 cm³/mol. The van der Waals surface area contributed by atoms with E-state index in [1.807, 2.05) is 0 Å². The summed E-state index contributed by atoms with van der Waals surface area (Å²) in [6.07, 6.45) is -4.17. The number of aryl methyl sites for hydroxylation is 1. The smallest absolute Gasteiger partial charge is 0.416 e. The van der Waals surface area contributed by atoms with Crippen LogP contribution in [-0.4, -0.2) is 5.11 Å². The molecular weight excluding hydrogens is 444 g/mol. The molecule has 0 atom stereocenters. The largest absolute Gasteiger partial charge is 0.506 e. The zero-order valence-electron chi connectivity index (χ0n) is 12.8. The summed E-state index contributed by atoms with van der Waals surface area (Å²) in [5, 5.41) is 18.1. The van der Waals surface area contributed by atoms with Crippen LogP contribution < -0.4 is 0 Å². The quantitative estimate of drug-likeness (QED) is 0.482. The number of nitrogens with zero attached hydrogens (tertiary/aromatic N) is 2. The van der Waals surface area contributed by atoms with Gasteiger partial charge >= 0.3 is 6.18 Å². The number of benzene rings is 2.